The Morgan fingerprint density at radius 3 is 1.65 bits per heavy atom. The summed E-state index contributed by atoms with van der Waals surface area (Å²) in [5.74, 6) is 0. The molecule has 8 aromatic carbocycles. The number of fused-ring (bicyclic) bond motifs is 10. The van der Waals surface area contributed by atoms with Crippen molar-refractivity contribution in [3.63, 3.8) is 0 Å². The topological polar surface area (TPSA) is 35.6 Å². The Hall–Kier alpha value is -6.78. The molecule has 0 bridgehead atoms. The zero-order valence-electron chi connectivity index (χ0n) is 29.5. The molecule has 55 heavy (non-hydrogen) atoms. The van der Waals surface area contributed by atoms with E-state index in [2.05, 4.69) is 161 Å². The van der Waals surface area contributed by atoms with E-state index in [1.165, 1.54) is 68.6 Å². The largest absolute Gasteiger partial charge is 0.0616 e. The van der Waals surface area contributed by atoms with E-state index in [0.717, 1.165) is 39.2 Å². The molecule has 4 aromatic heterocycles. The van der Waals surface area contributed by atoms with Crippen LogP contribution in [-0.2, 0) is 0 Å². The summed E-state index contributed by atoms with van der Waals surface area (Å²) < 4.78 is 7.85. The van der Waals surface area contributed by atoms with E-state index < -0.39 is 0 Å². The fourth-order valence-electron chi connectivity index (χ4n) is 8.67. The average Bonchev–Trinajstić information content (AvgIpc) is 3.90. The molecule has 0 aliphatic heterocycles. The van der Waals surface area contributed by atoms with E-state index in [-0.39, 0.29) is 14.5 Å². The van der Waals surface area contributed by atoms with Gasteiger partial charge in [-0.25, -0.2) is 9.97 Å². The van der Waals surface area contributed by atoms with Crippen molar-refractivity contribution >= 4 is 88.4 Å². The summed E-state index contributed by atoms with van der Waals surface area (Å²) >= 11 is 0.223. The van der Waals surface area contributed by atoms with Crippen LogP contribution in [-0.4, -0.2) is 33.6 Å². The number of hydrogen-bond acceptors (Lipinski definition) is 2. The fraction of sp³-hybridized carbons (Fsp3) is 0. The summed E-state index contributed by atoms with van der Waals surface area (Å²) in [5.41, 5.74) is 12.8. The van der Waals surface area contributed by atoms with Gasteiger partial charge >= 0.3 is 237 Å². The minimum absolute atomic E-state index is 0.223. The summed E-state index contributed by atoms with van der Waals surface area (Å²) in [6, 6.07) is 65.6. The molecule has 0 unspecified atom stereocenters. The van der Waals surface area contributed by atoms with Crippen LogP contribution in [0.25, 0.3) is 108 Å². The number of rotatable bonds is 4. The molecule has 5 heteroatoms. The standard InChI is InChI=1S/C50H30N4Se/c1-2-14-31(15-3-1)48-49(52-41-23-8-7-22-40(41)51-48)32-16-12-17-33(28-32)53-42-24-9-4-18-34(42)38-30-46-39(29-45(38)53)35-19-5-10-25-43(35)54(46)44-26-13-21-37-36-20-6-11-27-47(36)55-50(37)44/h1-30H. The Labute approximate surface area is 321 Å². The Balaban J connectivity index is 1.13. The van der Waals surface area contributed by atoms with Crippen LogP contribution in [0.2, 0.25) is 0 Å². The summed E-state index contributed by atoms with van der Waals surface area (Å²) in [5, 5.41) is 7.70. The smallest absolute Gasteiger partial charge is 0.0527 e. The van der Waals surface area contributed by atoms with Gasteiger partial charge in [-0.1, -0.05) is 42.5 Å². The quantitative estimate of drug-likeness (QED) is 0.167. The van der Waals surface area contributed by atoms with Crippen molar-refractivity contribution in [1.29, 1.82) is 0 Å². The fourth-order valence-corrected chi connectivity index (χ4v) is 11.2. The zero-order valence-corrected chi connectivity index (χ0v) is 31.2. The molecule has 4 heterocycles. The van der Waals surface area contributed by atoms with Gasteiger partial charge in [-0.3, -0.25) is 0 Å². The van der Waals surface area contributed by atoms with Gasteiger partial charge in [-0.15, -0.1) is 0 Å². The molecular weight excluding hydrogens is 736 g/mol. The molecule has 0 radical (unpaired) electrons. The van der Waals surface area contributed by atoms with Crippen molar-refractivity contribution in [2.24, 2.45) is 0 Å². The first kappa shape index (κ1) is 30.7. The number of aromatic nitrogens is 4. The van der Waals surface area contributed by atoms with Crippen molar-refractivity contribution in [2.75, 3.05) is 0 Å². The normalized spacial score (nSPS) is 12.0. The van der Waals surface area contributed by atoms with Gasteiger partial charge in [0.15, 0.2) is 0 Å². The Kier molecular flexibility index (Phi) is 6.61. The van der Waals surface area contributed by atoms with Crippen LogP contribution >= 0.6 is 0 Å². The minimum Gasteiger partial charge on any atom is -0.0616 e. The first-order valence-corrected chi connectivity index (χ1v) is 20.3. The number of para-hydroxylation sites is 4. The van der Waals surface area contributed by atoms with Gasteiger partial charge in [0.25, 0.3) is 0 Å². The first-order valence-electron chi connectivity index (χ1n) is 18.6. The predicted molar refractivity (Wildman–Crippen MR) is 231 cm³/mol. The van der Waals surface area contributed by atoms with Gasteiger partial charge < -0.3 is 0 Å². The maximum absolute atomic E-state index is 5.24. The second-order valence-electron chi connectivity index (χ2n) is 14.2. The van der Waals surface area contributed by atoms with Gasteiger partial charge in [0.1, 0.15) is 0 Å². The van der Waals surface area contributed by atoms with E-state index in [9.17, 15) is 0 Å². The van der Waals surface area contributed by atoms with Gasteiger partial charge in [-0.05, 0) is 12.1 Å². The average molecular weight is 766 g/mol. The Bertz CT molecular complexity index is 3500. The minimum atomic E-state index is 0.223. The van der Waals surface area contributed by atoms with Gasteiger partial charge in [-0.2, -0.15) is 0 Å². The number of benzene rings is 8. The van der Waals surface area contributed by atoms with Crippen LogP contribution in [0.15, 0.2) is 182 Å². The van der Waals surface area contributed by atoms with E-state index in [0.29, 0.717) is 0 Å². The van der Waals surface area contributed by atoms with Gasteiger partial charge in [0, 0.05) is 5.56 Å². The molecule has 0 saturated heterocycles. The molecule has 256 valence electrons. The summed E-state index contributed by atoms with van der Waals surface area (Å²) in [4.78, 5) is 10.4. The molecule has 4 nitrogen and oxygen atoms in total. The maximum Gasteiger partial charge on any atom is -0.0527 e. The van der Waals surface area contributed by atoms with Crippen LogP contribution in [0.1, 0.15) is 0 Å². The first-order chi connectivity index (χ1) is 27.3. The van der Waals surface area contributed by atoms with Crippen LogP contribution in [0.3, 0.4) is 0 Å². The molecular formula is C50H30N4Se. The molecule has 0 aliphatic rings. The summed E-state index contributed by atoms with van der Waals surface area (Å²) in [6.45, 7) is 0. The molecule has 0 fully saturated rings. The van der Waals surface area contributed by atoms with Gasteiger partial charge in [0.05, 0.1) is 16.7 Å². The van der Waals surface area contributed by atoms with Crippen LogP contribution in [0.4, 0.5) is 0 Å². The van der Waals surface area contributed by atoms with Crippen molar-refractivity contribution in [3.8, 4) is 33.9 Å². The van der Waals surface area contributed by atoms with Crippen molar-refractivity contribution in [3.05, 3.63) is 182 Å². The van der Waals surface area contributed by atoms with Crippen molar-refractivity contribution in [2.45, 2.75) is 0 Å². The Morgan fingerprint density at radius 2 is 0.909 bits per heavy atom. The molecule has 0 N–H and O–H groups in total. The summed E-state index contributed by atoms with van der Waals surface area (Å²) in [6.07, 6.45) is 0. The number of hydrogen-bond donors (Lipinski definition) is 0. The monoisotopic (exact) mass is 766 g/mol. The van der Waals surface area contributed by atoms with Gasteiger partial charge in [0.2, 0.25) is 0 Å². The van der Waals surface area contributed by atoms with Crippen LogP contribution in [0, 0.1) is 0 Å². The van der Waals surface area contributed by atoms with Crippen molar-refractivity contribution < 1.29 is 0 Å². The third-order valence-electron chi connectivity index (χ3n) is 11.1. The zero-order chi connectivity index (χ0) is 36.0. The van der Waals surface area contributed by atoms with Crippen LogP contribution < -0.4 is 0 Å². The molecule has 12 rings (SSSR count). The van der Waals surface area contributed by atoms with E-state index in [1.54, 1.807) is 0 Å². The molecule has 0 aliphatic carbocycles. The van der Waals surface area contributed by atoms with Crippen LogP contribution in [0.5, 0.6) is 0 Å². The van der Waals surface area contributed by atoms with Crippen molar-refractivity contribution in [1.82, 2.24) is 19.1 Å². The predicted octanol–water partition coefficient (Wildman–Crippen LogP) is 12.5. The second kappa shape index (κ2) is 11.9. The third-order valence-corrected chi connectivity index (χ3v) is 13.6. The molecule has 0 spiro atoms. The molecule has 0 amide bonds. The molecule has 12 aromatic rings. The van der Waals surface area contributed by atoms with E-state index in [1.807, 2.05) is 30.3 Å². The molecule has 0 atom stereocenters. The Morgan fingerprint density at radius 1 is 0.364 bits per heavy atom. The van der Waals surface area contributed by atoms with E-state index in [4.69, 9.17) is 9.97 Å². The SMILES string of the molecule is c1ccc(-c2nc3ccccc3nc2-c2cccc(-n3c4ccccc4c4cc5c(cc43)c3ccccc3n5-c3cccc4c3[se]c3ccccc34)c2)cc1. The number of nitrogens with zero attached hydrogens (tertiary/aromatic N) is 4. The third kappa shape index (κ3) is 4.58. The molecule has 0 saturated carbocycles. The second-order valence-corrected chi connectivity index (χ2v) is 16.4. The summed E-state index contributed by atoms with van der Waals surface area (Å²) in [7, 11) is 0. The maximum atomic E-state index is 5.24. The van der Waals surface area contributed by atoms with E-state index >= 15 is 0 Å².